The molecule has 1 N–H and O–H groups in total. The summed E-state index contributed by atoms with van der Waals surface area (Å²) >= 11 is 1.75. The fourth-order valence-corrected chi connectivity index (χ4v) is 2.68. The zero-order valence-electron chi connectivity index (χ0n) is 10.7. The zero-order chi connectivity index (χ0) is 11.8. The van der Waals surface area contributed by atoms with Crippen LogP contribution in [-0.4, -0.2) is 11.0 Å². The molecule has 1 heterocycles. The molecular weight excluding hydrogens is 216 g/mol. The summed E-state index contributed by atoms with van der Waals surface area (Å²) in [5.74, 6) is 0. The van der Waals surface area contributed by atoms with Crippen molar-refractivity contribution in [1.82, 2.24) is 10.3 Å². The standard InChI is InChI=1S/C13H24N2S/c1-4-6-7-8-11(3)15-12(5-2)13-14-9-10-16-13/h9-12,15H,4-8H2,1-3H3. The van der Waals surface area contributed by atoms with Gasteiger partial charge < -0.3 is 5.32 Å². The third-order valence-electron chi connectivity index (χ3n) is 2.88. The number of rotatable bonds is 8. The van der Waals surface area contributed by atoms with Gasteiger partial charge in [-0.2, -0.15) is 0 Å². The second kappa shape index (κ2) is 7.80. The van der Waals surface area contributed by atoms with Gasteiger partial charge in [0.25, 0.3) is 0 Å². The molecule has 0 spiro atoms. The maximum Gasteiger partial charge on any atom is 0.109 e. The number of nitrogens with zero attached hydrogens (tertiary/aromatic N) is 1. The Hall–Kier alpha value is -0.410. The van der Waals surface area contributed by atoms with Crippen molar-refractivity contribution in [3.8, 4) is 0 Å². The second-order valence-corrected chi connectivity index (χ2v) is 5.32. The highest BCUT2D eigenvalue weighted by molar-refractivity contribution is 7.09. The average Bonchev–Trinajstić information content (AvgIpc) is 2.79. The van der Waals surface area contributed by atoms with E-state index in [1.807, 2.05) is 6.20 Å². The quantitative estimate of drug-likeness (QED) is 0.690. The Morgan fingerprint density at radius 2 is 2.19 bits per heavy atom. The fraction of sp³-hybridized carbons (Fsp3) is 0.769. The van der Waals surface area contributed by atoms with E-state index in [0.29, 0.717) is 12.1 Å². The molecule has 1 aromatic rings. The van der Waals surface area contributed by atoms with Gasteiger partial charge in [-0.05, 0) is 19.8 Å². The van der Waals surface area contributed by atoms with Gasteiger partial charge in [0.1, 0.15) is 5.01 Å². The molecule has 0 aliphatic carbocycles. The molecule has 3 heteroatoms. The monoisotopic (exact) mass is 240 g/mol. The van der Waals surface area contributed by atoms with Crippen LogP contribution in [0.2, 0.25) is 0 Å². The number of thiazole rings is 1. The van der Waals surface area contributed by atoms with Crippen LogP contribution in [0.5, 0.6) is 0 Å². The molecule has 16 heavy (non-hydrogen) atoms. The maximum atomic E-state index is 4.39. The molecule has 2 unspecified atom stereocenters. The molecule has 0 saturated heterocycles. The summed E-state index contributed by atoms with van der Waals surface area (Å²) in [5, 5.41) is 6.96. The van der Waals surface area contributed by atoms with Gasteiger partial charge in [-0.25, -0.2) is 4.98 Å². The Morgan fingerprint density at radius 3 is 2.75 bits per heavy atom. The van der Waals surface area contributed by atoms with E-state index in [-0.39, 0.29) is 0 Å². The first-order chi connectivity index (χ1) is 7.77. The van der Waals surface area contributed by atoms with Crippen LogP contribution >= 0.6 is 11.3 Å². The third-order valence-corrected chi connectivity index (χ3v) is 3.77. The Bertz CT molecular complexity index is 259. The first kappa shape index (κ1) is 13.7. The summed E-state index contributed by atoms with van der Waals surface area (Å²) in [5.41, 5.74) is 0. The van der Waals surface area contributed by atoms with Gasteiger partial charge >= 0.3 is 0 Å². The molecule has 2 atom stereocenters. The van der Waals surface area contributed by atoms with E-state index in [4.69, 9.17) is 0 Å². The Balaban J connectivity index is 2.33. The lowest BCUT2D eigenvalue weighted by Crippen LogP contribution is -2.30. The molecule has 0 bridgehead atoms. The average molecular weight is 240 g/mol. The van der Waals surface area contributed by atoms with E-state index in [1.165, 1.54) is 30.7 Å². The van der Waals surface area contributed by atoms with Crippen LogP contribution in [0, 0.1) is 0 Å². The molecule has 0 saturated carbocycles. The van der Waals surface area contributed by atoms with Crippen LogP contribution in [0.15, 0.2) is 11.6 Å². The minimum Gasteiger partial charge on any atom is -0.305 e. The van der Waals surface area contributed by atoms with Crippen molar-refractivity contribution in [2.24, 2.45) is 0 Å². The molecular formula is C13H24N2S. The molecule has 2 nitrogen and oxygen atoms in total. The predicted molar refractivity (Wildman–Crippen MR) is 71.9 cm³/mol. The Kier molecular flexibility index (Phi) is 6.65. The van der Waals surface area contributed by atoms with Crippen molar-refractivity contribution in [3.05, 3.63) is 16.6 Å². The number of nitrogens with one attached hydrogen (secondary N) is 1. The van der Waals surface area contributed by atoms with E-state index in [9.17, 15) is 0 Å². The molecule has 0 aromatic carbocycles. The van der Waals surface area contributed by atoms with Crippen LogP contribution in [-0.2, 0) is 0 Å². The SMILES string of the molecule is CCCCCC(C)NC(CC)c1nccs1. The van der Waals surface area contributed by atoms with Gasteiger partial charge in [-0.1, -0.05) is 33.1 Å². The van der Waals surface area contributed by atoms with Crippen LogP contribution < -0.4 is 5.32 Å². The lowest BCUT2D eigenvalue weighted by Gasteiger charge is -2.20. The van der Waals surface area contributed by atoms with E-state index in [1.54, 1.807) is 11.3 Å². The van der Waals surface area contributed by atoms with Gasteiger partial charge in [-0.15, -0.1) is 11.3 Å². The lowest BCUT2D eigenvalue weighted by molar-refractivity contribution is 0.414. The Morgan fingerprint density at radius 1 is 1.38 bits per heavy atom. The molecule has 1 aromatic heterocycles. The third kappa shape index (κ3) is 4.62. The topological polar surface area (TPSA) is 24.9 Å². The Labute approximate surface area is 103 Å². The molecule has 0 radical (unpaired) electrons. The highest BCUT2D eigenvalue weighted by atomic mass is 32.1. The van der Waals surface area contributed by atoms with Gasteiger partial charge in [-0.3, -0.25) is 0 Å². The number of hydrogen-bond acceptors (Lipinski definition) is 3. The smallest absolute Gasteiger partial charge is 0.109 e. The summed E-state index contributed by atoms with van der Waals surface area (Å²) in [6.07, 6.45) is 8.27. The fourth-order valence-electron chi connectivity index (χ4n) is 1.90. The molecule has 1 rings (SSSR count). The summed E-state index contributed by atoms with van der Waals surface area (Å²) in [6.45, 7) is 6.76. The summed E-state index contributed by atoms with van der Waals surface area (Å²) in [4.78, 5) is 4.39. The molecule has 0 aliphatic rings. The normalized spacial score (nSPS) is 14.9. The first-order valence-corrected chi connectivity index (χ1v) is 7.31. The predicted octanol–water partition coefficient (Wildman–Crippen LogP) is 4.15. The van der Waals surface area contributed by atoms with Crippen molar-refractivity contribution in [2.75, 3.05) is 0 Å². The van der Waals surface area contributed by atoms with E-state index in [0.717, 1.165) is 6.42 Å². The van der Waals surface area contributed by atoms with Crippen LogP contribution in [0.3, 0.4) is 0 Å². The van der Waals surface area contributed by atoms with E-state index < -0.39 is 0 Å². The van der Waals surface area contributed by atoms with Crippen molar-refractivity contribution in [1.29, 1.82) is 0 Å². The lowest BCUT2D eigenvalue weighted by atomic mass is 10.1. The van der Waals surface area contributed by atoms with Crippen LogP contribution in [0.4, 0.5) is 0 Å². The minimum absolute atomic E-state index is 0.441. The van der Waals surface area contributed by atoms with E-state index in [2.05, 4.69) is 36.5 Å². The minimum atomic E-state index is 0.441. The van der Waals surface area contributed by atoms with Gasteiger partial charge in [0.2, 0.25) is 0 Å². The second-order valence-electron chi connectivity index (χ2n) is 4.39. The number of hydrogen-bond donors (Lipinski definition) is 1. The summed E-state index contributed by atoms with van der Waals surface area (Å²) in [6, 6.07) is 1.04. The number of aromatic nitrogens is 1. The van der Waals surface area contributed by atoms with E-state index >= 15 is 0 Å². The van der Waals surface area contributed by atoms with Crippen LogP contribution in [0.25, 0.3) is 0 Å². The van der Waals surface area contributed by atoms with Gasteiger partial charge in [0.15, 0.2) is 0 Å². The van der Waals surface area contributed by atoms with Crippen LogP contribution in [0.1, 0.15) is 63.9 Å². The maximum absolute atomic E-state index is 4.39. The first-order valence-electron chi connectivity index (χ1n) is 6.43. The van der Waals surface area contributed by atoms with Gasteiger partial charge in [0.05, 0.1) is 6.04 Å². The zero-order valence-corrected chi connectivity index (χ0v) is 11.5. The number of unbranched alkanes of at least 4 members (excludes halogenated alkanes) is 2. The van der Waals surface area contributed by atoms with Crippen molar-refractivity contribution in [2.45, 2.75) is 65.0 Å². The highest BCUT2D eigenvalue weighted by Gasteiger charge is 2.14. The molecule has 0 aliphatic heterocycles. The highest BCUT2D eigenvalue weighted by Crippen LogP contribution is 2.20. The largest absolute Gasteiger partial charge is 0.305 e. The van der Waals surface area contributed by atoms with Crippen molar-refractivity contribution in [3.63, 3.8) is 0 Å². The van der Waals surface area contributed by atoms with Crippen molar-refractivity contribution < 1.29 is 0 Å². The molecule has 92 valence electrons. The van der Waals surface area contributed by atoms with Crippen molar-refractivity contribution >= 4 is 11.3 Å². The summed E-state index contributed by atoms with van der Waals surface area (Å²) < 4.78 is 0. The molecule has 0 fully saturated rings. The molecule has 0 amide bonds. The van der Waals surface area contributed by atoms with Gasteiger partial charge in [0, 0.05) is 17.6 Å². The summed E-state index contributed by atoms with van der Waals surface area (Å²) in [7, 11) is 0.